The zero-order valence-electron chi connectivity index (χ0n) is 5.88. The molecule has 0 N–H and O–H groups in total. The number of carbonyl (C=O) groups is 1. The summed E-state index contributed by atoms with van der Waals surface area (Å²) < 4.78 is 0. The molecule has 0 aliphatic carbocycles. The van der Waals surface area contributed by atoms with E-state index in [1.165, 1.54) is 0 Å². The van der Waals surface area contributed by atoms with Crippen LogP contribution in [0, 0.1) is 0 Å². The van der Waals surface area contributed by atoms with Gasteiger partial charge in [-0.25, -0.2) is 0 Å². The topological polar surface area (TPSA) is 17.1 Å². The van der Waals surface area contributed by atoms with Crippen molar-refractivity contribution in [2.45, 2.75) is 0 Å². The van der Waals surface area contributed by atoms with Crippen LogP contribution in [0.1, 0.15) is 10.4 Å². The number of benzene rings is 1. The zero-order valence-corrected chi connectivity index (χ0v) is 7.79. The van der Waals surface area contributed by atoms with Gasteiger partial charge in [0, 0.05) is 11.7 Å². The van der Waals surface area contributed by atoms with Gasteiger partial charge in [0.15, 0.2) is 5.78 Å². The van der Waals surface area contributed by atoms with Crippen molar-refractivity contribution in [2.24, 2.45) is 0 Å². The molecule has 1 rings (SSSR count). The van der Waals surface area contributed by atoms with Gasteiger partial charge < -0.3 is 0 Å². The summed E-state index contributed by atoms with van der Waals surface area (Å²) in [4.78, 5) is 11.1. The van der Waals surface area contributed by atoms with Gasteiger partial charge in [-0.1, -0.05) is 23.7 Å². The van der Waals surface area contributed by atoms with Crippen LogP contribution in [-0.4, -0.2) is 11.9 Å². The fourth-order valence-electron chi connectivity index (χ4n) is 0.797. The maximum absolute atomic E-state index is 11.1. The molecule has 0 spiro atoms. The van der Waals surface area contributed by atoms with Crippen LogP contribution in [-0.2, 0) is 0 Å². The molecule has 1 atom stereocenters. The van der Waals surface area contributed by atoms with Crippen LogP contribution in [0.4, 0.5) is 0 Å². The highest BCUT2D eigenvalue weighted by Crippen LogP contribution is 2.15. The fraction of sp³-hybridized carbons (Fsp3) is 0.125. The molecule has 0 aliphatic rings. The summed E-state index contributed by atoms with van der Waals surface area (Å²) in [6, 6.07) is 7.06. The van der Waals surface area contributed by atoms with Crippen LogP contribution in [0.5, 0.6) is 0 Å². The second kappa shape index (κ2) is 3.85. The van der Waals surface area contributed by atoms with Crippen molar-refractivity contribution in [3.63, 3.8) is 0 Å². The van der Waals surface area contributed by atoms with Crippen LogP contribution in [0.2, 0.25) is 5.02 Å². The monoisotopic (exact) mass is 186 g/mol. The van der Waals surface area contributed by atoms with E-state index in [1.807, 2.05) is 6.07 Å². The molecule has 58 valence electrons. The summed E-state index contributed by atoms with van der Waals surface area (Å²) >= 11 is 5.77. The van der Waals surface area contributed by atoms with E-state index in [-0.39, 0.29) is 5.78 Å². The molecule has 0 aliphatic heterocycles. The summed E-state index contributed by atoms with van der Waals surface area (Å²) in [7, 11) is 2.38. The van der Waals surface area contributed by atoms with Crippen LogP contribution in [0.15, 0.2) is 24.3 Å². The Kier molecular flexibility index (Phi) is 3.04. The molecule has 1 aromatic carbocycles. The molecule has 11 heavy (non-hydrogen) atoms. The van der Waals surface area contributed by atoms with E-state index < -0.39 is 0 Å². The van der Waals surface area contributed by atoms with Gasteiger partial charge in [0.05, 0.1) is 5.02 Å². The van der Waals surface area contributed by atoms with E-state index in [1.54, 1.807) is 18.2 Å². The molecule has 1 unspecified atom stereocenters. The van der Waals surface area contributed by atoms with Crippen LogP contribution >= 0.6 is 20.8 Å². The second-order valence-electron chi connectivity index (χ2n) is 2.11. The van der Waals surface area contributed by atoms with E-state index in [0.29, 0.717) is 16.7 Å². The molecule has 3 heteroatoms. The summed E-state index contributed by atoms with van der Waals surface area (Å²) in [6.45, 7) is 0. The van der Waals surface area contributed by atoms with Gasteiger partial charge in [-0.05, 0) is 12.1 Å². The third-order valence-electron chi connectivity index (χ3n) is 1.36. The Morgan fingerprint density at radius 1 is 1.45 bits per heavy atom. The number of ketones is 1. The quantitative estimate of drug-likeness (QED) is 0.512. The third-order valence-corrected chi connectivity index (χ3v) is 2.06. The Balaban J connectivity index is 3.03. The zero-order chi connectivity index (χ0) is 8.27. The third kappa shape index (κ3) is 2.02. The lowest BCUT2D eigenvalue weighted by Gasteiger charge is -1.98. The Bertz CT molecular complexity index is 273. The standard InChI is InChI=1S/C8H8ClOP/c9-7-4-2-1-3-6(7)8(10)5-11/h1-4H,5,11H2. The maximum Gasteiger partial charge on any atom is 0.168 e. The molecule has 0 aromatic heterocycles. The van der Waals surface area contributed by atoms with Crippen LogP contribution in [0.25, 0.3) is 0 Å². The first-order valence-electron chi connectivity index (χ1n) is 3.23. The number of rotatable bonds is 2. The second-order valence-corrected chi connectivity index (χ2v) is 2.92. The average Bonchev–Trinajstić information content (AvgIpc) is 2.04. The fourth-order valence-corrected chi connectivity index (χ4v) is 1.26. The molecule has 1 nitrogen and oxygen atoms in total. The minimum Gasteiger partial charge on any atom is -0.294 e. The lowest BCUT2D eigenvalue weighted by Crippen LogP contribution is -1.99. The maximum atomic E-state index is 11.1. The minimum absolute atomic E-state index is 0.0561. The molecule has 0 saturated carbocycles. The van der Waals surface area contributed by atoms with Crippen molar-refractivity contribution in [1.82, 2.24) is 0 Å². The molecule has 0 radical (unpaired) electrons. The highest BCUT2D eigenvalue weighted by atomic mass is 35.5. The van der Waals surface area contributed by atoms with Gasteiger partial charge in [-0.15, -0.1) is 9.24 Å². The molecular formula is C8H8ClOP. The molecule has 0 bridgehead atoms. The van der Waals surface area contributed by atoms with Crippen LogP contribution in [0.3, 0.4) is 0 Å². The summed E-state index contributed by atoms with van der Waals surface area (Å²) in [6.07, 6.45) is 0.420. The predicted molar refractivity (Wildman–Crippen MR) is 50.4 cm³/mol. The van der Waals surface area contributed by atoms with E-state index in [9.17, 15) is 4.79 Å². The average molecular weight is 187 g/mol. The number of hydrogen-bond donors (Lipinski definition) is 0. The normalized spacial score (nSPS) is 9.64. The van der Waals surface area contributed by atoms with Crippen molar-refractivity contribution in [3.05, 3.63) is 34.9 Å². The Morgan fingerprint density at radius 3 is 2.64 bits per heavy atom. The first-order valence-corrected chi connectivity index (χ1v) is 4.43. The summed E-state index contributed by atoms with van der Waals surface area (Å²) in [5, 5.41) is 0.528. The van der Waals surface area contributed by atoms with Crippen molar-refractivity contribution in [2.75, 3.05) is 6.16 Å². The van der Waals surface area contributed by atoms with Gasteiger partial charge in [0.2, 0.25) is 0 Å². The van der Waals surface area contributed by atoms with Crippen molar-refractivity contribution < 1.29 is 4.79 Å². The van der Waals surface area contributed by atoms with Crippen molar-refractivity contribution >= 4 is 26.6 Å². The predicted octanol–water partition coefficient (Wildman–Crippen LogP) is 2.40. The van der Waals surface area contributed by atoms with Gasteiger partial charge in [-0.2, -0.15) is 0 Å². The van der Waals surface area contributed by atoms with Gasteiger partial charge in [0.25, 0.3) is 0 Å². The Hall–Kier alpha value is -0.390. The van der Waals surface area contributed by atoms with E-state index in [2.05, 4.69) is 9.24 Å². The first kappa shape index (κ1) is 8.70. The van der Waals surface area contributed by atoms with E-state index >= 15 is 0 Å². The number of Topliss-reactive ketones (excluding diaryl/α,β-unsaturated/α-hetero) is 1. The Labute approximate surface area is 73.0 Å². The van der Waals surface area contributed by atoms with Crippen molar-refractivity contribution in [1.29, 1.82) is 0 Å². The summed E-state index contributed by atoms with van der Waals surface area (Å²) in [5.41, 5.74) is 0.601. The van der Waals surface area contributed by atoms with Crippen LogP contribution < -0.4 is 0 Å². The molecule has 0 fully saturated rings. The lowest BCUT2D eigenvalue weighted by atomic mass is 10.1. The molecule has 1 aromatic rings. The van der Waals surface area contributed by atoms with Gasteiger partial charge >= 0.3 is 0 Å². The smallest absolute Gasteiger partial charge is 0.168 e. The largest absolute Gasteiger partial charge is 0.294 e. The SMILES string of the molecule is O=C(CP)c1ccccc1Cl. The van der Waals surface area contributed by atoms with E-state index in [0.717, 1.165) is 0 Å². The number of halogens is 1. The summed E-state index contributed by atoms with van der Waals surface area (Å²) in [5.74, 6) is 0.0561. The lowest BCUT2D eigenvalue weighted by molar-refractivity contribution is 0.102. The molecule has 0 heterocycles. The van der Waals surface area contributed by atoms with Crippen molar-refractivity contribution in [3.8, 4) is 0 Å². The highest BCUT2D eigenvalue weighted by molar-refractivity contribution is 7.18. The van der Waals surface area contributed by atoms with Gasteiger partial charge in [0.1, 0.15) is 0 Å². The Morgan fingerprint density at radius 2 is 2.09 bits per heavy atom. The minimum atomic E-state index is 0.0561. The molecule has 0 saturated heterocycles. The molecular weight excluding hydrogens is 179 g/mol. The van der Waals surface area contributed by atoms with Gasteiger partial charge in [-0.3, -0.25) is 4.79 Å². The number of carbonyl (C=O) groups excluding carboxylic acids is 1. The molecule has 0 amide bonds. The highest BCUT2D eigenvalue weighted by Gasteiger charge is 2.05. The number of hydrogen-bond acceptors (Lipinski definition) is 1. The van der Waals surface area contributed by atoms with E-state index in [4.69, 9.17) is 11.6 Å². The first-order chi connectivity index (χ1) is 5.25.